The molecule has 4 atom stereocenters. The molecule has 1 aromatic carbocycles. The van der Waals surface area contributed by atoms with Crippen molar-refractivity contribution in [3.63, 3.8) is 0 Å². The Kier molecular flexibility index (Phi) is 4.00. The van der Waals surface area contributed by atoms with E-state index in [1.54, 1.807) is 0 Å². The van der Waals surface area contributed by atoms with Gasteiger partial charge in [-0.1, -0.05) is 25.1 Å². The van der Waals surface area contributed by atoms with Crippen molar-refractivity contribution < 1.29 is 4.21 Å². The van der Waals surface area contributed by atoms with Crippen LogP contribution in [0.4, 0.5) is 0 Å². The highest BCUT2D eigenvalue weighted by atomic mass is 32.2. The second-order valence-electron chi connectivity index (χ2n) is 4.93. The quantitative estimate of drug-likeness (QED) is 0.894. The third kappa shape index (κ3) is 2.45. The Balaban J connectivity index is 2.19. The fourth-order valence-corrected chi connectivity index (χ4v) is 4.64. The van der Waals surface area contributed by atoms with Crippen LogP contribution in [0, 0.1) is 12.8 Å². The zero-order valence-corrected chi connectivity index (χ0v) is 11.6. The standard InChI is InChI=1S/C14H21NOS/c1-10-6-4-5-7-13(10)17(16)14-9-8-12(15-3)11(14)2/h4-7,11-12,14-15H,8-9H2,1-3H3. The van der Waals surface area contributed by atoms with Crippen molar-refractivity contribution in [3.8, 4) is 0 Å². The van der Waals surface area contributed by atoms with Gasteiger partial charge in [0.05, 0.1) is 10.8 Å². The summed E-state index contributed by atoms with van der Waals surface area (Å²) in [5.41, 5.74) is 1.14. The highest BCUT2D eigenvalue weighted by molar-refractivity contribution is 7.85. The molecule has 0 amide bonds. The highest BCUT2D eigenvalue weighted by Gasteiger charge is 2.36. The molecule has 0 spiro atoms. The molecule has 1 N–H and O–H groups in total. The molecule has 1 aromatic rings. The molecule has 2 rings (SSSR count). The van der Waals surface area contributed by atoms with Gasteiger partial charge >= 0.3 is 0 Å². The van der Waals surface area contributed by atoms with Gasteiger partial charge in [0.25, 0.3) is 0 Å². The summed E-state index contributed by atoms with van der Waals surface area (Å²) in [5.74, 6) is 0.487. The van der Waals surface area contributed by atoms with Crippen molar-refractivity contribution in [1.82, 2.24) is 5.32 Å². The Morgan fingerprint density at radius 3 is 2.59 bits per heavy atom. The van der Waals surface area contributed by atoms with Gasteiger partial charge in [-0.05, 0) is 44.4 Å². The predicted molar refractivity (Wildman–Crippen MR) is 72.6 cm³/mol. The summed E-state index contributed by atoms with van der Waals surface area (Å²) < 4.78 is 12.6. The van der Waals surface area contributed by atoms with E-state index in [0.717, 1.165) is 23.3 Å². The van der Waals surface area contributed by atoms with Crippen molar-refractivity contribution in [2.75, 3.05) is 7.05 Å². The molecule has 0 radical (unpaired) electrons. The molecule has 0 heterocycles. The number of rotatable bonds is 3. The maximum Gasteiger partial charge on any atom is 0.0566 e. The number of benzene rings is 1. The van der Waals surface area contributed by atoms with Crippen molar-refractivity contribution in [1.29, 1.82) is 0 Å². The van der Waals surface area contributed by atoms with Crippen LogP contribution in [0.25, 0.3) is 0 Å². The Bertz CT molecular complexity index is 418. The first-order valence-corrected chi connectivity index (χ1v) is 7.50. The van der Waals surface area contributed by atoms with Crippen molar-refractivity contribution in [2.45, 2.75) is 42.9 Å². The lowest BCUT2D eigenvalue weighted by Gasteiger charge is -2.20. The highest BCUT2D eigenvalue weighted by Crippen LogP contribution is 2.33. The largest absolute Gasteiger partial charge is 0.317 e. The first-order chi connectivity index (χ1) is 8.15. The van der Waals surface area contributed by atoms with Crippen molar-refractivity contribution >= 4 is 10.8 Å². The van der Waals surface area contributed by atoms with E-state index in [0.29, 0.717) is 17.2 Å². The molecule has 4 unspecified atom stereocenters. The molecule has 0 saturated heterocycles. The van der Waals surface area contributed by atoms with Gasteiger partial charge in [-0.25, -0.2) is 0 Å². The van der Waals surface area contributed by atoms with Gasteiger partial charge in [-0.3, -0.25) is 4.21 Å². The van der Waals surface area contributed by atoms with Gasteiger partial charge in [-0.15, -0.1) is 0 Å². The Labute approximate surface area is 106 Å². The molecule has 1 aliphatic carbocycles. The fraction of sp³-hybridized carbons (Fsp3) is 0.571. The molecular formula is C14H21NOS. The Hall–Kier alpha value is -0.670. The third-order valence-corrected chi connectivity index (χ3v) is 6.05. The minimum atomic E-state index is -0.863. The summed E-state index contributed by atoms with van der Waals surface area (Å²) >= 11 is 0. The van der Waals surface area contributed by atoms with E-state index in [-0.39, 0.29) is 0 Å². The van der Waals surface area contributed by atoms with Crippen LogP contribution in [-0.2, 0) is 10.8 Å². The molecular weight excluding hydrogens is 230 g/mol. The maximum atomic E-state index is 12.6. The molecule has 1 fully saturated rings. The van der Waals surface area contributed by atoms with Gasteiger partial charge in [0.1, 0.15) is 0 Å². The van der Waals surface area contributed by atoms with Crippen LogP contribution in [0.2, 0.25) is 0 Å². The number of nitrogens with one attached hydrogen (secondary N) is 1. The van der Waals surface area contributed by atoms with E-state index in [2.05, 4.69) is 12.2 Å². The lowest BCUT2D eigenvalue weighted by Crippen LogP contribution is -2.32. The van der Waals surface area contributed by atoms with E-state index in [9.17, 15) is 4.21 Å². The summed E-state index contributed by atoms with van der Waals surface area (Å²) in [6.07, 6.45) is 2.20. The molecule has 1 saturated carbocycles. The van der Waals surface area contributed by atoms with Gasteiger partial charge in [0.15, 0.2) is 0 Å². The van der Waals surface area contributed by atoms with Crippen LogP contribution >= 0.6 is 0 Å². The normalized spacial score (nSPS) is 30.4. The summed E-state index contributed by atoms with van der Waals surface area (Å²) in [6, 6.07) is 8.56. The molecule has 3 heteroatoms. The Morgan fingerprint density at radius 1 is 1.29 bits per heavy atom. The number of hydrogen-bond acceptors (Lipinski definition) is 2. The molecule has 94 valence electrons. The monoisotopic (exact) mass is 251 g/mol. The van der Waals surface area contributed by atoms with E-state index in [1.807, 2.05) is 38.2 Å². The van der Waals surface area contributed by atoms with Gasteiger partial charge in [-0.2, -0.15) is 0 Å². The molecule has 0 bridgehead atoms. The second kappa shape index (κ2) is 5.32. The zero-order valence-electron chi connectivity index (χ0n) is 10.8. The maximum absolute atomic E-state index is 12.6. The summed E-state index contributed by atoms with van der Waals surface area (Å²) in [5, 5.41) is 3.63. The van der Waals surface area contributed by atoms with Gasteiger partial charge < -0.3 is 5.32 Å². The van der Waals surface area contributed by atoms with Crippen LogP contribution in [0.15, 0.2) is 29.2 Å². The second-order valence-corrected chi connectivity index (χ2v) is 6.57. The van der Waals surface area contributed by atoms with Crippen molar-refractivity contribution in [3.05, 3.63) is 29.8 Å². The van der Waals surface area contributed by atoms with E-state index >= 15 is 0 Å². The van der Waals surface area contributed by atoms with Gasteiger partial charge in [0.2, 0.25) is 0 Å². The first-order valence-electron chi connectivity index (χ1n) is 6.28. The summed E-state index contributed by atoms with van der Waals surface area (Å²) in [7, 11) is 1.14. The first kappa shape index (κ1) is 12.8. The van der Waals surface area contributed by atoms with Crippen molar-refractivity contribution in [2.24, 2.45) is 5.92 Å². The molecule has 2 nitrogen and oxygen atoms in total. The minimum Gasteiger partial charge on any atom is -0.317 e. The molecule has 17 heavy (non-hydrogen) atoms. The van der Waals surface area contributed by atoms with Crippen LogP contribution in [0.3, 0.4) is 0 Å². The molecule has 0 aromatic heterocycles. The number of aryl methyl sites for hydroxylation is 1. The average molecular weight is 251 g/mol. The summed E-state index contributed by atoms with van der Waals surface area (Å²) in [6.45, 7) is 4.26. The molecule has 0 aliphatic heterocycles. The van der Waals surface area contributed by atoms with Gasteiger partial charge in [0, 0.05) is 16.2 Å². The lowest BCUT2D eigenvalue weighted by molar-refractivity contribution is 0.460. The van der Waals surface area contributed by atoms with Crippen LogP contribution < -0.4 is 5.32 Å². The van der Waals surface area contributed by atoms with E-state index in [1.165, 1.54) is 0 Å². The minimum absolute atomic E-state index is 0.300. The zero-order chi connectivity index (χ0) is 12.4. The third-order valence-electron chi connectivity index (χ3n) is 3.94. The number of hydrogen-bond donors (Lipinski definition) is 1. The summed E-state index contributed by atoms with van der Waals surface area (Å²) in [4.78, 5) is 1.01. The fourth-order valence-electron chi connectivity index (χ4n) is 2.78. The molecule has 1 aliphatic rings. The van der Waals surface area contributed by atoms with Crippen LogP contribution in [-0.4, -0.2) is 22.5 Å². The van der Waals surface area contributed by atoms with Crippen LogP contribution in [0.1, 0.15) is 25.3 Å². The Morgan fingerprint density at radius 2 is 2.00 bits per heavy atom. The van der Waals surface area contributed by atoms with E-state index in [4.69, 9.17) is 0 Å². The smallest absolute Gasteiger partial charge is 0.0566 e. The lowest BCUT2D eigenvalue weighted by atomic mass is 10.1. The predicted octanol–water partition coefficient (Wildman–Crippen LogP) is 2.49. The van der Waals surface area contributed by atoms with E-state index < -0.39 is 10.8 Å². The van der Waals surface area contributed by atoms with Crippen LogP contribution in [0.5, 0.6) is 0 Å². The topological polar surface area (TPSA) is 29.1 Å². The average Bonchev–Trinajstić information content (AvgIpc) is 2.70. The SMILES string of the molecule is CNC1CCC(S(=O)c2ccccc2C)C1C.